The van der Waals surface area contributed by atoms with Crippen molar-refractivity contribution in [1.29, 1.82) is 0 Å². The van der Waals surface area contributed by atoms with E-state index in [1.165, 1.54) is 6.92 Å². The van der Waals surface area contributed by atoms with Crippen LogP contribution in [-0.2, 0) is 9.53 Å². The van der Waals surface area contributed by atoms with Crippen molar-refractivity contribution in [3.05, 3.63) is 0 Å². The van der Waals surface area contributed by atoms with Gasteiger partial charge in [-0.15, -0.1) is 0 Å². The van der Waals surface area contributed by atoms with Gasteiger partial charge in [-0.25, -0.2) is 0 Å². The van der Waals surface area contributed by atoms with Crippen LogP contribution in [0.5, 0.6) is 0 Å². The highest BCUT2D eigenvalue weighted by Crippen LogP contribution is 1.82. The van der Waals surface area contributed by atoms with Gasteiger partial charge in [-0.1, -0.05) is 0 Å². The Morgan fingerprint density at radius 3 is 1.73 bits per heavy atom. The zero-order chi connectivity index (χ0) is 12.7. The van der Waals surface area contributed by atoms with E-state index in [1.54, 1.807) is 13.8 Å². The van der Waals surface area contributed by atoms with E-state index in [4.69, 9.17) is 20.4 Å². The SMILES string of the molecule is CC(=O)OCC(O)CO.CCO.CCO. The molecule has 4 N–H and O–H groups in total. The molecule has 0 saturated heterocycles. The Balaban J connectivity index is -0.000000200. The Bertz CT molecular complexity index is 115. The minimum atomic E-state index is -0.950. The Hall–Kier alpha value is -0.690. The maximum absolute atomic E-state index is 10.0. The number of carbonyl (C=O) groups is 1. The number of ether oxygens (including phenoxy) is 1. The predicted octanol–water partition coefficient (Wildman–Crippen LogP) is -1.10. The van der Waals surface area contributed by atoms with E-state index in [0.29, 0.717) is 0 Å². The fourth-order valence-corrected chi connectivity index (χ4v) is 0.266. The first-order valence-corrected chi connectivity index (χ1v) is 4.63. The second kappa shape index (κ2) is 19.0. The second-order valence-corrected chi connectivity index (χ2v) is 2.27. The molecule has 0 aromatic rings. The van der Waals surface area contributed by atoms with Crippen molar-refractivity contribution in [1.82, 2.24) is 0 Å². The lowest BCUT2D eigenvalue weighted by atomic mass is 10.4. The Morgan fingerprint density at radius 2 is 1.53 bits per heavy atom. The molecular formula is C9H22O6. The van der Waals surface area contributed by atoms with E-state index >= 15 is 0 Å². The van der Waals surface area contributed by atoms with Gasteiger partial charge in [-0.2, -0.15) is 0 Å². The number of rotatable bonds is 3. The van der Waals surface area contributed by atoms with Crippen molar-refractivity contribution < 1.29 is 30.0 Å². The molecule has 0 amide bonds. The summed E-state index contributed by atoms with van der Waals surface area (Å²) >= 11 is 0. The van der Waals surface area contributed by atoms with Crippen LogP contribution < -0.4 is 0 Å². The molecule has 0 bridgehead atoms. The van der Waals surface area contributed by atoms with Crippen LogP contribution in [0.2, 0.25) is 0 Å². The number of hydrogen-bond acceptors (Lipinski definition) is 6. The number of esters is 1. The standard InChI is InChI=1S/C5H10O4.2C2H6O/c1-4(7)9-3-5(8)2-6;2*1-2-3/h5-6,8H,2-3H2,1H3;2*3H,2H2,1H3. The van der Waals surface area contributed by atoms with Crippen molar-refractivity contribution in [2.45, 2.75) is 26.9 Å². The first kappa shape index (κ1) is 19.8. The summed E-state index contributed by atoms with van der Waals surface area (Å²) in [5.74, 6) is -0.456. The highest BCUT2D eigenvalue weighted by atomic mass is 16.5. The van der Waals surface area contributed by atoms with Crippen LogP contribution in [0, 0.1) is 0 Å². The first-order valence-electron chi connectivity index (χ1n) is 4.63. The van der Waals surface area contributed by atoms with E-state index in [2.05, 4.69) is 4.74 Å². The molecule has 0 saturated carbocycles. The van der Waals surface area contributed by atoms with Gasteiger partial charge in [-0.05, 0) is 13.8 Å². The van der Waals surface area contributed by atoms with Crippen LogP contribution >= 0.6 is 0 Å². The quantitative estimate of drug-likeness (QED) is 0.455. The monoisotopic (exact) mass is 226 g/mol. The average molecular weight is 226 g/mol. The third-order valence-corrected chi connectivity index (χ3v) is 0.690. The molecule has 0 aliphatic carbocycles. The third-order valence-electron chi connectivity index (χ3n) is 0.690. The second-order valence-electron chi connectivity index (χ2n) is 2.27. The summed E-state index contributed by atoms with van der Waals surface area (Å²) in [5.41, 5.74) is 0. The summed E-state index contributed by atoms with van der Waals surface area (Å²) in [6.07, 6.45) is -0.950. The van der Waals surface area contributed by atoms with Crippen molar-refractivity contribution in [2.24, 2.45) is 0 Å². The molecule has 1 unspecified atom stereocenters. The minimum Gasteiger partial charge on any atom is -0.463 e. The van der Waals surface area contributed by atoms with Crippen molar-refractivity contribution >= 4 is 5.97 Å². The van der Waals surface area contributed by atoms with Gasteiger partial charge in [-0.3, -0.25) is 4.79 Å². The molecule has 0 fully saturated rings. The van der Waals surface area contributed by atoms with Gasteiger partial charge < -0.3 is 25.2 Å². The molecule has 6 nitrogen and oxygen atoms in total. The van der Waals surface area contributed by atoms with E-state index in [9.17, 15) is 4.79 Å². The van der Waals surface area contributed by atoms with E-state index in [0.717, 1.165) is 0 Å². The number of carbonyl (C=O) groups excluding carboxylic acids is 1. The number of hydrogen-bond donors (Lipinski definition) is 4. The minimum absolute atomic E-state index is 0.133. The molecule has 0 aliphatic rings. The Labute approximate surface area is 90.1 Å². The summed E-state index contributed by atoms with van der Waals surface area (Å²) < 4.78 is 4.35. The lowest BCUT2D eigenvalue weighted by Gasteiger charge is -2.05. The highest BCUT2D eigenvalue weighted by Gasteiger charge is 2.02. The average Bonchev–Trinajstić information content (AvgIpc) is 2.16. The molecule has 0 aromatic heterocycles. The molecule has 6 heteroatoms. The molecule has 1 atom stereocenters. The summed E-state index contributed by atoms with van der Waals surface area (Å²) in [7, 11) is 0. The van der Waals surface area contributed by atoms with E-state index in [-0.39, 0.29) is 26.4 Å². The molecular weight excluding hydrogens is 204 g/mol. The number of aliphatic hydroxyl groups is 4. The molecule has 94 valence electrons. The van der Waals surface area contributed by atoms with Crippen LogP contribution in [0.25, 0.3) is 0 Å². The van der Waals surface area contributed by atoms with Gasteiger partial charge in [0.15, 0.2) is 0 Å². The predicted molar refractivity (Wildman–Crippen MR) is 55.2 cm³/mol. The van der Waals surface area contributed by atoms with Crippen LogP contribution in [0.15, 0.2) is 0 Å². The van der Waals surface area contributed by atoms with Gasteiger partial charge in [0.1, 0.15) is 12.7 Å². The largest absolute Gasteiger partial charge is 0.463 e. The van der Waals surface area contributed by atoms with Gasteiger partial charge in [0, 0.05) is 20.1 Å². The maximum atomic E-state index is 10.0. The maximum Gasteiger partial charge on any atom is 0.302 e. The summed E-state index contributed by atoms with van der Waals surface area (Å²) in [4.78, 5) is 10.0. The van der Waals surface area contributed by atoms with Gasteiger partial charge in [0.05, 0.1) is 6.61 Å². The Morgan fingerprint density at radius 1 is 1.20 bits per heavy atom. The fourth-order valence-electron chi connectivity index (χ4n) is 0.266. The number of aliphatic hydroxyl groups excluding tert-OH is 4. The molecule has 0 radical (unpaired) electrons. The Kier molecular flexibility index (Phi) is 25.1. The van der Waals surface area contributed by atoms with Gasteiger partial charge in [0.25, 0.3) is 0 Å². The molecule has 0 aromatic carbocycles. The topological polar surface area (TPSA) is 107 Å². The lowest BCUT2D eigenvalue weighted by molar-refractivity contribution is -0.144. The highest BCUT2D eigenvalue weighted by molar-refractivity contribution is 5.65. The van der Waals surface area contributed by atoms with Gasteiger partial charge in [0.2, 0.25) is 0 Å². The summed E-state index contributed by atoms with van der Waals surface area (Å²) in [5, 5.41) is 31.9. The van der Waals surface area contributed by atoms with Gasteiger partial charge >= 0.3 is 5.97 Å². The summed E-state index contributed by atoms with van der Waals surface area (Å²) in [6.45, 7) is 4.59. The van der Waals surface area contributed by atoms with Crippen molar-refractivity contribution in [3.8, 4) is 0 Å². The van der Waals surface area contributed by atoms with Crippen LogP contribution in [0.3, 0.4) is 0 Å². The molecule has 0 rings (SSSR count). The third kappa shape index (κ3) is 42.8. The van der Waals surface area contributed by atoms with Crippen LogP contribution in [0.4, 0.5) is 0 Å². The van der Waals surface area contributed by atoms with Crippen molar-refractivity contribution in [2.75, 3.05) is 26.4 Å². The molecule has 0 aliphatic heterocycles. The smallest absolute Gasteiger partial charge is 0.302 e. The molecule has 0 heterocycles. The molecule has 15 heavy (non-hydrogen) atoms. The van der Waals surface area contributed by atoms with Crippen LogP contribution in [0.1, 0.15) is 20.8 Å². The van der Waals surface area contributed by atoms with E-state index in [1.807, 2.05) is 0 Å². The molecule has 0 spiro atoms. The zero-order valence-corrected chi connectivity index (χ0v) is 9.51. The summed E-state index contributed by atoms with van der Waals surface area (Å²) in [6, 6.07) is 0. The normalized spacial score (nSPS) is 10.1. The fraction of sp³-hybridized carbons (Fsp3) is 0.889. The van der Waals surface area contributed by atoms with E-state index < -0.39 is 12.1 Å². The first-order chi connectivity index (χ1) is 6.99. The lowest BCUT2D eigenvalue weighted by Crippen LogP contribution is -2.20. The van der Waals surface area contributed by atoms with Crippen LogP contribution in [-0.4, -0.2) is 58.9 Å². The van der Waals surface area contributed by atoms with Crippen molar-refractivity contribution in [3.63, 3.8) is 0 Å². The zero-order valence-electron chi connectivity index (χ0n) is 9.51.